The molecule has 1 aliphatic rings. The van der Waals surface area contributed by atoms with Gasteiger partial charge in [0.2, 0.25) is 0 Å². The third-order valence-electron chi connectivity index (χ3n) is 3.88. The van der Waals surface area contributed by atoms with Crippen LogP contribution in [0.15, 0.2) is 30.3 Å². The number of hydrogen-bond donors (Lipinski definition) is 0. The maximum atomic E-state index is 12.3. The van der Waals surface area contributed by atoms with Gasteiger partial charge in [0.15, 0.2) is 5.78 Å². The van der Waals surface area contributed by atoms with Gasteiger partial charge >= 0.3 is 0 Å². The van der Waals surface area contributed by atoms with Crippen LogP contribution >= 0.6 is 0 Å². The Labute approximate surface area is 104 Å². The van der Waals surface area contributed by atoms with Gasteiger partial charge < -0.3 is 0 Å². The number of benzene rings is 1. The van der Waals surface area contributed by atoms with E-state index < -0.39 is 0 Å². The van der Waals surface area contributed by atoms with E-state index in [1.807, 2.05) is 37.3 Å². The lowest BCUT2D eigenvalue weighted by Gasteiger charge is -2.23. The van der Waals surface area contributed by atoms with Crippen molar-refractivity contribution >= 4 is 5.78 Å². The van der Waals surface area contributed by atoms with Crippen molar-refractivity contribution in [3.05, 3.63) is 35.9 Å². The molecule has 0 aromatic heterocycles. The number of hydrogen-bond acceptors (Lipinski definition) is 2. The lowest BCUT2D eigenvalue weighted by molar-refractivity contribution is 0.0862. The van der Waals surface area contributed by atoms with Crippen LogP contribution in [0.3, 0.4) is 0 Å². The minimum absolute atomic E-state index is 0.0222. The Hall–Kier alpha value is -1.15. The monoisotopic (exact) mass is 231 g/mol. The zero-order valence-electron chi connectivity index (χ0n) is 10.7. The SMILES string of the molecule is CCC1CCN(C(C)C(=O)c2ccccc2)C1. The molecule has 2 heteroatoms. The number of nitrogens with zero attached hydrogens (tertiary/aromatic N) is 1. The molecule has 0 saturated carbocycles. The van der Waals surface area contributed by atoms with Crippen LogP contribution in [-0.4, -0.2) is 29.8 Å². The summed E-state index contributed by atoms with van der Waals surface area (Å²) in [4.78, 5) is 14.6. The van der Waals surface area contributed by atoms with Crippen LogP contribution in [0.25, 0.3) is 0 Å². The van der Waals surface area contributed by atoms with Crippen LogP contribution in [0.1, 0.15) is 37.0 Å². The minimum Gasteiger partial charge on any atom is -0.293 e. The molecule has 2 atom stereocenters. The second-order valence-electron chi connectivity index (χ2n) is 4.96. The van der Waals surface area contributed by atoms with E-state index in [1.54, 1.807) is 0 Å². The predicted octanol–water partition coefficient (Wildman–Crippen LogP) is 2.99. The second kappa shape index (κ2) is 5.46. The molecule has 1 fully saturated rings. The van der Waals surface area contributed by atoms with Crippen molar-refractivity contribution in [1.82, 2.24) is 4.90 Å². The van der Waals surface area contributed by atoms with E-state index in [1.165, 1.54) is 12.8 Å². The lowest BCUT2D eigenvalue weighted by atomic mass is 10.0. The summed E-state index contributed by atoms with van der Waals surface area (Å²) in [5, 5.41) is 0. The van der Waals surface area contributed by atoms with Crippen LogP contribution < -0.4 is 0 Å². The maximum absolute atomic E-state index is 12.3. The van der Waals surface area contributed by atoms with Crippen molar-refractivity contribution < 1.29 is 4.79 Å². The number of carbonyl (C=O) groups is 1. The van der Waals surface area contributed by atoms with E-state index in [0.29, 0.717) is 0 Å². The first-order valence-electron chi connectivity index (χ1n) is 6.55. The van der Waals surface area contributed by atoms with Gasteiger partial charge in [-0.05, 0) is 25.8 Å². The van der Waals surface area contributed by atoms with Crippen molar-refractivity contribution in [2.45, 2.75) is 32.7 Å². The summed E-state index contributed by atoms with van der Waals surface area (Å²) in [6.07, 6.45) is 2.46. The molecule has 1 aliphatic heterocycles. The molecule has 0 radical (unpaired) electrons. The van der Waals surface area contributed by atoms with Gasteiger partial charge in [0.1, 0.15) is 0 Å². The first kappa shape index (κ1) is 12.3. The lowest BCUT2D eigenvalue weighted by Crippen LogP contribution is -2.37. The zero-order valence-corrected chi connectivity index (χ0v) is 10.7. The Morgan fingerprint density at radius 3 is 2.71 bits per heavy atom. The van der Waals surface area contributed by atoms with Crippen LogP contribution in [0, 0.1) is 5.92 Å². The molecule has 0 bridgehead atoms. The zero-order chi connectivity index (χ0) is 12.3. The smallest absolute Gasteiger partial charge is 0.179 e. The first-order chi connectivity index (χ1) is 8.22. The van der Waals surface area contributed by atoms with E-state index in [2.05, 4.69) is 11.8 Å². The van der Waals surface area contributed by atoms with E-state index >= 15 is 0 Å². The standard InChI is InChI=1S/C15H21NO/c1-3-13-9-10-16(11-13)12(2)15(17)14-7-5-4-6-8-14/h4-8,12-13H,3,9-11H2,1-2H3. The Morgan fingerprint density at radius 2 is 2.12 bits per heavy atom. The van der Waals surface area contributed by atoms with Crippen LogP contribution in [0.4, 0.5) is 0 Å². The summed E-state index contributed by atoms with van der Waals surface area (Å²) in [5.74, 6) is 1.03. The van der Waals surface area contributed by atoms with Gasteiger partial charge in [0.05, 0.1) is 6.04 Å². The summed E-state index contributed by atoms with van der Waals surface area (Å²) in [6.45, 7) is 6.42. The van der Waals surface area contributed by atoms with E-state index in [9.17, 15) is 4.79 Å². The average Bonchev–Trinajstić information content (AvgIpc) is 2.87. The highest BCUT2D eigenvalue weighted by Gasteiger charge is 2.28. The fraction of sp³-hybridized carbons (Fsp3) is 0.533. The van der Waals surface area contributed by atoms with Crippen molar-refractivity contribution in [3.8, 4) is 0 Å². The summed E-state index contributed by atoms with van der Waals surface area (Å²) >= 11 is 0. The van der Waals surface area contributed by atoms with Gasteiger partial charge in [-0.15, -0.1) is 0 Å². The molecule has 2 unspecified atom stereocenters. The first-order valence-corrected chi connectivity index (χ1v) is 6.55. The average molecular weight is 231 g/mol. The Bertz CT molecular complexity index is 374. The molecule has 0 N–H and O–H groups in total. The predicted molar refractivity (Wildman–Crippen MR) is 70.2 cm³/mol. The van der Waals surface area contributed by atoms with E-state index in [-0.39, 0.29) is 11.8 Å². The molecule has 92 valence electrons. The van der Waals surface area contributed by atoms with Crippen LogP contribution in [0.5, 0.6) is 0 Å². The molecule has 0 spiro atoms. The maximum Gasteiger partial charge on any atom is 0.179 e. The quantitative estimate of drug-likeness (QED) is 0.742. The third-order valence-corrected chi connectivity index (χ3v) is 3.88. The highest BCUT2D eigenvalue weighted by molar-refractivity contribution is 5.99. The molecular weight excluding hydrogens is 210 g/mol. The largest absolute Gasteiger partial charge is 0.293 e. The molecule has 1 aromatic rings. The van der Waals surface area contributed by atoms with Crippen molar-refractivity contribution in [2.75, 3.05) is 13.1 Å². The Kier molecular flexibility index (Phi) is 3.95. The highest BCUT2D eigenvalue weighted by atomic mass is 16.1. The second-order valence-corrected chi connectivity index (χ2v) is 4.96. The van der Waals surface area contributed by atoms with Gasteiger partial charge in [0.25, 0.3) is 0 Å². The van der Waals surface area contributed by atoms with Crippen LogP contribution in [-0.2, 0) is 0 Å². The topological polar surface area (TPSA) is 20.3 Å². The number of Topliss-reactive ketones (excluding diaryl/α,β-unsaturated/α-hetero) is 1. The van der Waals surface area contributed by atoms with E-state index in [0.717, 1.165) is 24.6 Å². The normalized spacial score (nSPS) is 22.6. The molecule has 1 saturated heterocycles. The summed E-state index contributed by atoms with van der Waals surface area (Å²) in [7, 11) is 0. The fourth-order valence-corrected chi connectivity index (χ4v) is 2.56. The molecule has 17 heavy (non-hydrogen) atoms. The minimum atomic E-state index is 0.0222. The molecule has 2 rings (SSSR count). The van der Waals surface area contributed by atoms with Gasteiger partial charge in [-0.3, -0.25) is 9.69 Å². The fourth-order valence-electron chi connectivity index (χ4n) is 2.56. The van der Waals surface area contributed by atoms with E-state index in [4.69, 9.17) is 0 Å². The number of ketones is 1. The highest BCUT2D eigenvalue weighted by Crippen LogP contribution is 2.22. The van der Waals surface area contributed by atoms with Crippen molar-refractivity contribution in [3.63, 3.8) is 0 Å². The molecule has 1 heterocycles. The molecule has 2 nitrogen and oxygen atoms in total. The van der Waals surface area contributed by atoms with Gasteiger partial charge in [0, 0.05) is 12.1 Å². The summed E-state index contributed by atoms with van der Waals surface area (Å²) < 4.78 is 0. The Balaban J connectivity index is 2.01. The van der Waals surface area contributed by atoms with Gasteiger partial charge in [-0.1, -0.05) is 43.7 Å². The number of carbonyl (C=O) groups excluding carboxylic acids is 1. The van der Waals surface area contributed by atoms with Gasteiger partial charge in [-0.2, -0.15) is 0 Å². The van der Waals surface area contributed by atoms with Crippen LogP contribution in [0.2, 0.25) is 0 Å². The Morgan fingerprint density at radius 1 is 1.41 bits per heavy atom. The summed E-state index contributed by atoms with van der Waals surface area (Å²) in [5.41, 5.74) is 0.833. The third kappa shape index (κ3) is 2.75. The molecule has 0 amide bonds. The number of likely N-dealkylation sites (tertiary alicyclic amines) is 1. The van der Waals surface area contributed by atoms with Crippen molar-refractivity contribution in [1.29, 1.82) is 0 Å². The number of rotatable bonds is 4. The van der Waals surface area contributed by atoms with Gasteiger partial charge in [-0.25, -0.2) is 0 Å². The molecule has 0 aliphatic carbocycles. The molecule has 1 aromatic carbocycles. The molecular formula is C15H21NO. The van der Waals surface area contributed by atoms with Crippen molar-refractivity contribution in [2.24, 2.45) is 5.92 Å². The summed E-state index contributed by atoms with van der Waals surface area (Å²) in [6, 6.07) is 9.65.